The molecule has 0 N–H and O–H groups in total. The van der Waals surface area contributed by atoms with E-state index in [4.69, 9.17) is 9.15 Å². The molecule has 1 saturated heterocycles. The predicted molar refractivity (Wildman–Crippen MR) is 126 cm³/mol. The minimum absolute atomic E-state index is 0.0450. The van der Waals surface area contributed by atoms with Gasteiger partial charge in [-0.15, -0.1) is 0 Å². The lowest BCUT2D eigenvalue weighted by Crippen LogP contribution is -2.48. The van der Waals surface area contributed by atoms with Crippen molar-refractivity contribution in [3.8, 4) is 5.75 Å². The van der Waals surface area contributed by atoms with Crippen LogP contribution < -0.4 is 9.64 Å². The summed E-state index contributed by atoms with van der Waals surface area (Å²) in [5, 5.41) is 1.06. The van der Waals surface area contributed by atoms with Gasteiger partial charge in [0.2, 0.25) is 5.91 Å². The molecule has 0 saturated carbocycles. The summed E-state index contributed by atoms with van der Waals surface area (Å²) < 4.78 is 11.4. The zero-order valence-corrected chi connectivity index (χ0v) is 19.0. The molecule has 1 fully saturated rings. The van der Waals surface area contributed by atoms with Gasteiger partial charge in [0, 0.05) is 55.0 Å². The van der Waals surface area contributed by atoms with Gasteiger partial charge in [-0.2, -0.15) is 0 Å². The third kappa shape index (κ3) is 4.18. The molecule has 5 heteroatoms. The van der Waals surface area contributed by atoms with E-state index in [0.717, 1.165) is 46.5 Å². The monoisotopic (exact) mass is 418 g/mol. The predicted octanol–water partition coefficient (Wildman–Crippen LogP) is 5.12. The number of fused-ring (bicyclic) bond motifs is 1. The van der Waals surface area contributed by atoms with E-state index in [-0.39, 0.29) is 5.91 Å². The largest absolute Gasteiger partial charge is 0.496 e. The molecule has 1 aliphatic heterocycles. The maximum atomic E-state index is 13.0. The number of ether oxygens (including phenoxy) is 1. The number of piperazine rings is 1. The molecule has 2 aromatic carbocycles. The lowest BCUT2D eigenvalue weighted by molar-refractivity contribution is -0.126. The summed E-state index contributed by atoms with van der Waals surface area (Å²) in [6, 6.07) is 12.5. The Morgan fingerprint density at radius 1 is 1.06 bits per heavy atom. The van der Waals surface area contributed by atoms with E-state index in [1.807, 2.05) is 24.8 Å². The van der Waals surface area contributed by atoms with Crippen LogP contribution in [-0.4, -0.2) is 44.1 Å². The highest BCUT2D eigenvalue weighted by molar-refractivity contribution is 5.97. The van der Waals surface area contributed by atoms with Crippen molar-refractivity contribution in [1.82, 2.24) is 4.90 Å². The second kappa shape index (κ2) is 8.50. The highest BCUT2D eigenvalue weighted by Gasteiger charge is 2.21. The van der Waals surface area contributed by atoms with E-state index in [2.05, 4.69) is 49.1 Å². The summed E-state index contributed by atoms with van der Waals surface area (Å²) in [6.45, 7) is 11.2. The van der Waals surface area contributed by atoms with E-state index in [9.17, 15) is 4.79 Å². The Bertz CT molecular complexity index is 1150. The quantitative estimate of drug-likeness (QED) is 0.552. The number of hydrogen-bond donors (Lipinski definition) is 0. The lowest BCUT2D eigenvalue weighted by Gasteiger charge is -2.36. The van der Waals surface area contributed by atoms with Crippen molar-refractivity contribution in [3.63, 3.8) is 0 Å². The number of furan rings is 1. The smallest absolute Gasteiger partial charge is 0.246 e. The van der Waals surface area contributed by atoms with Crippen LogP contribution in [0.1, 0.15) is 29.4 Å². The molecular formula is C26H30N2O3. The van der Waals surface area contributed by atoms with Gasteiger partial charge in [-0.3, -0.25) is 4.79 Å². The van der Waals surface area contributed by atoms with Crippen LogP contribution in [0.3, 0.4) is 0 Å². The number of anilines is 1. The van der Waals surface area contributed by atoms with E-state index in [1.165, 1.54) is 11.3 Å². The first-order chi connectivity index (χ1) is 14.9. The Labute approximate surface area is 183 Å². The average molecular weight is 419 g/mol. The van der Waals surface area contributed by atoms with Crippen LogP contribution in [0.4, 0.5) is 5.69 Å². The SMILES string of the molecule is COc1cc2oc(C)c(C)c2cc1/C(C)=C/C(=O)N1CCN(c2cccc(C)c2)CC1. The van der Waals surface area contributed by atoms with Crippen molar-refractivity contribution in [3.05, 3.63) is 64.9 Å². The topological polar surface area (TPSA) is 45.9 Å². The first kappa shape index (κ1) is 21.0. The average Bonchev–Trinajstić information content (AvgIpc) is 3.05. The summed E-state index contributed by atoms with van der Waals surface area (Å²) in [6.07, 6.45) is 1.73. The molecule has 1 aromatic heterocycles. The minimum atomic E-state index is 0.0450. The van der Waals surface area contributed by atoms with E-state index in [1.54, 1.807) is 13.2 Å². The number of hydrogen-bond acceptors (Lipinski definition) is 4. The van der Waals surface area contributed by atoms with Gasteiger partial charge in [-0.1, -0.05) is 12.1 Å². The normalized spacial score (nSPS) is 14.9. The van der Waals surface area contributed by atoms with Crippen molar-refractivity contribution in [2.24, 2.45) is 0 Å². The number of carbonyl (C=O) groups excluding carboxylic acids is 1. The molecule has 162 valence electrons. The summed E-state index contributed by atoms with van der Waals surface area (Å²) in [5.74, 6) is 1.66. The molecule has 1 aliphatic rings. The molecule has 0 unspecified atom stereocenters. The van der Waals surface area contributed by atoms with E-state index >= 15 is 0 Å². The van der Waals surface area contributed by atoms with Gasteiger partial charge < -0.3 is 19.0 Å². The molecule has 31 heavy (non-hydrogen) atoms. The summed E-state index contributed by atoms with van der Waals surface area (Å²) in [5.41, 5.74) is 6.22. The van der Waals surface area contributed by atoms with Gasteiger partial charge in [0.25, 0.3) is 0 Å². The Hall–Kier alpha value is -3.21. The number of carbonyl (C=O) groups is 1. The van der Waals surface area contributed by atoms with Crippen molar-refractivity contribution in [1.29, 1.82) is 0 Å². The molecule has 0 aliphatic carbocycles. The Balaban J connectivity index is 1.51. The number of methoxy groups -OCH3 is 1. The molecule has 0 atom stereocenters. The van der Waals surface area contributed by atoms with Gasteiger partial charge in [0.15, 0.2) is 0 Å². The Morgan fingerprint density at radius 2 is 1.81 bits per heavy atom. The molecule has 0 bridgehead atoms. The number of aryl methyl sites for hydroxylation is 3. The fourth-order valence-corrected chi connectivity index (χ4v) is 4.21. The van der Waals surface area contributed by atoms with Crippen LogP contribution in [0.2, 0.25) is 0 Å². The maximum absolute atomic E-state index is 13.0. The lowest BCUT2D eigenvalue weighted by atomic mass is 10.0. The zero-order chi connectivity index (χ0) is 22.1. The van der Waals surface area contributed by atoms with E-state index in [0.29, 0.717) is 18.8 Å². The highest BCUT2D eigenvalue weighted by Crippen LogP contribution is 2.34. The van der Waals surface area contributed by atoms with Crippen LogP contribution in [0, 0.1) is 20.8 Å². The van der Waals surface area contributed by atoms with Crippen molar-refractivity contribution in [2.45, 2.75) is 27.7 Å². The van der Waals surface area contributed by atoms with Crippen molar-refractivity contribution >= 4 is 28.1 Å². The van der Waals surface area contributed by atoms with Crippen LogP contribution in [0.15, 0.2) is 46.9 Å². The molecule has 5 nitrogen and oxygen atoms in total. The van der Waals surface area contributed by atoms with Gasteiger partial charge in [0.1, 0.15) is 17.1 Å². The van der Waals surface area contributed by atoms with Gasteiger partial charge in [0.05, 0.1) is 7.11 Å². The summed E-state index contributed by atoms with van der Waals surface area (Å²) in [7, 11) is 1.65. The van der Waals surface area contributed by atoms with Crippen LogP contribution >= 0.6 is 0 Å². The summed E-state index contributed by atoms with van der Waals surface area (Å²) in [4.78, 5) is 17.3. The molecular weight excluding hydrogens is 388 g/mol. The Kier molecular flexibility index (Phi) is 5.77. The van der Waals surface area contributed by atoms with Crippen LogP contribution in [0.25, 0.3) is 16.5 Å². The molecule has 3 aromatic rings. The van der Waals surface area contributed by atoms with Crippen LogP contribution in [-0.2, 0) is 4.79 Å². The summed E-state index contributed by atoms with van der Waals surface area (Å²) >= 11 is 0. The fraction of sp³-hybridized carbons (Fsp3) is 0.346. The molecule has 0 radical (unpaired) electrons. The fourth-order valence-electron chi connectivity index (χ4n) is 4.21. The maximum Gasteiger partial charge on any atom is 0.246 e. The van der Waals surface area contributed by atoms with Crippen molar-refractivity contribution in [2.75, 3.05) is 38.2 Å². The molecule has 2 heterocycles. The standard InChI is InChI=1S/C26H30N2O3/c1-17-7-6-8-21(13-17)27-9-11-28(12-10-27)26(29)14-18(2)22-15-23-19(3)20(4)31-25(23)16-24(22)30-5/h6-8,13-16H,9-12H2,1-5H3/b18-14+. The number of nitrogens with zero attached hydrogens (tertiary/aromatic N) is 2. The van der Waals surface area contributed by atoms with Gasteiger partial charge >= 0.3 is 0 Å². The zero-order valence-electron chi connectivity index (χ0n) is 19.0. The second-order valence-corrected chi connectivity index (χ2v) is 8.31. The minimum Gasteiger partial charge on any atom is -0.496 e. The molecule has 1 amide bonds. The van der Waals surface area contributed by atoms with Gasteiger partial charge in [-0.05, 0) is 62.6 Å². The van der Waals surface area contributed by atoms with Crippen molar-refractivity contribution < 1.29 is 13.9 Å². The number of amides is 1. The Morgan fingerprint density at radius 3 is 2.48 bits per heavy atom. The third-order valence-corrected chi connectivity index (χ3v) is 6.22. The molecule has 0 spiro atoms. The number of rotatable bonds is 4. The first-order valence-electron chi connectivity index (χ1n) is 10.7. The third-order valence-electron chi connectivity index (χ3n) is 6.22. The van der Waals surface area contributed by atoms with Crippen LogP contribution in [0.5, 0.6) is 5.75 Å². The first-order valence-corrected chi connectivity index (χ1v) is 10.7. The highest BCUT2D eigenvalue weighted by atomic mass is 16.5. The second-order valence-electron chi connectivity index (χ2n) is 8.31. The van der Waals surface area contributed by atoms with E-state index < -0.39 is 0 Å². The number of allylic oxidation sites excluding steroid dienone is 1. The number of benzene rings is 2. The van der Waals surface area contributed by atoms with Gasteiger partial charge in [-0.25, -0.2) is 0 Å². The molecule has 4 rings (SSSR count).